The van der Waals surface area contributed by atoms with Crippen LogP contribution in [0.2, 0.25) is 0 Å². The molecule has 0 aliphatic carbocycles. The summed E-state index contributed by atoms with van der Waals surface area (Å²) in [5.74, 6) is 0.858. The fraction of sp³-hybridized carbons (Fsp3) is 0.167. The van der Waals surface area contributed by atoms with E-state index in [9.17, 15) is 0 Å². The zero-order chi connectivity index (χ0) is 11.8. The average molecular weight is 227 g/mol. The Morgan fingerprint density at radius 1 is 1.35 bits per heavy atom. The summed E-state index contributed by atoms with van der Waals surface area (Å²) in [4.78, 5) is 7.59. The molecule has 0 spiro atoms. The number of hydrogen-bond acceptors (Lipinski definition) is 3. The van der Waals surface area contributed by atoms with Crippen molar-refractivity contribution in [3.8, 4) is 11.1 Å². The highest BCUT2D eigenvalue weighted by atomic mass is 15.2. The van der Waals surface area contributed by atoms with Gasteiger partial charge in [-0.3, -0.25) is 4.68 Å². The monoisotopic (exact) mass is 227 g/mol. The number of nitrogens with zero attached hydrogens (tertiary/aromatic N) is 3. The Balaban J connectivity index is 2.18. The number of fused-ring (bicyclic) bond motifs is 1. The van der Waals surface area contributed by atoms with Gasteiger partial charge in [0.15, 0.2) is 0 Å². The molecule has 3 rings (SSSR count). The smallest absolute Gasteiger partial charge is 0.127 e. The van der Waals surface area contributed by atoms with Crippen molar-refractivity contribution >= 4 is 16.7 Å². The molecule has 0 fully saturated rings. The van der Waals surface area contributed by atoms with Gasteiger partial charge >= 0.3 is 0 Å². The first-order valence-corrected chi connectivity index (χ1v) is 5.42. The van der Waals surface area contributed by atoms with Crippen LogP contribution >= 0.6 is 0 Å². The normalized spacial score (nSPS) is 10.9. The van der Waals surface area contributed by atoms with Gasteiger partial charge in [0.1, 0.15) is 5.82 Å². The van der Waals surface area contributed by atoms with Crippen LogP contribution in [0.25, 0.3) is 22.0 Å². The van der Waals surface area contributed by atoms with Gasteiger partial charge < -0.3 is 10.3 Å². The van der Waals surface area contributed by atoms with E-state index < -0.39 is 0 Å². The van der Waals surface area contributed by atoms with Crippen LogP contribution in [0.3, 0.4) is 0 Å². The van der Waals surface area contributed by atoms with E-state index in [1.807, 2.05) is 44.9 Å². The molecule has 0 radical (unpaired) electrons. The number of nitrogens with one attached hydrogen (secondary N) is 2. The molecule has 0 atom stereocenters. The summed E-state index contributed by atoms with van der Waals surface area (Å²) in [6.07, 6.45) is 7.71. The third-order valence-corrected chi connectivity index (χ3v) is 2.84. The summed E-state index contributed by atoms with van der Waals surface area (Å²) in [5, 5.41) is 8.32. The fourth-order valence-corrected chi connectivity index (χ4v) is 1.95. The third kappa shape index (κ3) is 1.56. The standard InChI is InChI=1S/C12H13N5/c1-13-12-3-11-10(6-15-12)9(5-14-11)8-4-16-17(2)7-8/h3-7,14H,1-2H3,(H,13,15). The highest BCUT2D eigenvalue weighted by Gasteiger charge is 2.08. The molecule has 0 aliphatic heterocycles. The van der Waals surface area contributed by atoms with Gasteiger partial charge in [-0.1, -0.05) is 0 Å². The topological polar surface area (TPSA) is 58.5 Å². The Hall–Kier alpha value is -2.30. The van der Waals surface area contributed by atoms with Crippen molar-refractivity contribution in [1.82, 2.24) is 19.7 Å². The minimum atomic E-state index is 0.858. The van der Waals surface area contributed by atoms with Gasteiger partial charge in [0.25, 0.3) is 0 Å². The van der Waals surface area contributed by atoms with E-state index in [4.69, 9.17) is 0 Å². The Labute approximate surface area is 98.5 Å². The van der Waals surface area contributed by atoms with Crippen LogP contribution in [0, 0.1) is 0 Å². The molecule has 17 heavy (non-hydrogen) atoms. The lowest BCUT2D eigenvalue weighted by atomic mass is 10.1. The van der Waals surface area contributed by atoms with E-state index in [-0.39, 0.29) is 0 Å². The highest BCUT2D eigenvalue weighted by molar-refractivity contribution is 5.95. The number of anilines is 1. The zero-order valence-electron chi connectivity index (χ0n) is 9.73. The number of hydrogen-bond donors (Lipinski definition) is 2. The number of pyridine rings is 1. The summed E-state index contributed by atoms with van der Waals surface area (Å²) in [6.45, 7) is 0. The van der Waals surface area contributed by atoms with Gasteiger partial charge in [-0.05, 0) is 0 Å². The average Bonchev–Trinajstić information content (AvgIpc) is 2.93. The number of aromatic amines is 1. The largest absolute Gasteiger partial charge is 0.373 e. The first-order valence-electron chi connectivity index (χ1n) is 5.42. The molecule has 86 valence electrons. The molecule has 0 aromatic carbocycles. The molecule has 0 aliphatic rings. The second kappa shape index (κ2) is 3.62. The molecule has 0 saturated carbocycles. The van der Waals surface area contributed by atoms with Gasteiger partial charge in [-0.15, -0.1) is 0 Å². The highest BCUT2D eigenvalue weighted by Crippen LogP contribution is 2.28. The van der Waals surface area contributed by atoms with Gasteiger partial charge in [0.2, 0.25) is 0 Å². The predicted octanol–water partition coefficient (Wildman–Crippen LogP) is 2.01. The first kappa shape index (κ1) is 9.89. The number of H-pyrrole nitrogens is 1. The van der Waals surface area contributed by atoms with E-state index >= 15 is 0 Å². The second-order valence-electron chi connectivity index (χ2n) is 3.97. The van der Waals surface area contributed by atoms with Crippen molar-refractivity contribution in [2.24, 2.45) is 7.05 Å². The van der Waals surface area contributed by atoms with Crippen LogP contribution < -0.4 is 5.32 Å². The van der Waals surface area contributed by atoms with Crippen molar-refractivity contribution in [2.45, 2.75) is 0 Å². The minimum Gasteiger partial charge on any atom is -0.373 e. The quantitative estimate of drug-likeness (QED) is 0.704. The summed E-state index contributed by atoms with van der Waals surface area (Å²) >= 11 is 0. The first-order chi connectivity index (χ1) is 8.28. The number of rotatable bonds is 2. The van der Waals surface area contributed by atoms with Gasteiger partial charge in [0.05, 0.1) is 11.7 Å². The molecule has 5 heteroatoms. The van der Waals surface area contributed by atoms with Crippen molar-refractivity contribution in [1.29, 1.82) is 0 Å². The van der Waals surface area contributed by atoms with Gasteiger partial charge in [-0.25, -0.2) is 4.98 Å². The second-order valence-corrected chi connectivity index (χ2v) is 3.97. The van der Waals surface area contributed by atoms with Crippen LogP contribution in [0.4, 0.5) is 5.82 Å². The van der Waals surface area contributed by atoms with Crippen molar-refractivity contribution in [2.75, 3.05) is 12.4 Å². The van der Waals surface area contributed by atoms with Crippen LogP contribution in [-0.4, -0.2) is 26.8 Å². The summed E-state index contributed by atoms with van der Waals surface area (Å²) in [5.41, 5.74) is 3.30. The van der Waals surface area contributed by atoms with Crippen molar-refractivity contribution in [3.05, 3.63) is 30.9 Å². The number of aryl methyl sites for hydroxylation is 1. The van der Waals surface area contributed by atoms with Gasteiger partial charge in [-0.2, -0.15) is 5.10 Å². The molecular formula is C12H13N5. The predicted molar refractivity (Wildman–Crippen MR) is 67.8 cm³/mol. The fourth-order valence-electron chi connectivity index (χ4n) is 1.95. The third-order valence-electron chi connectivity index (χ3n) is 2.84. The summed E-state index contributed by atoms with van der Waals surface area (Å²) in [7, 11) is 3.77. The van der Waals surface area contributed by atoms with Crippen molar-refractivity contribution < 1.29 is 0 Å². The molecule has 5 nitrogen and oxygen atoms in total. The van der Waals surface area contributed by atoms with E-state index in [0.717, 1.165) is 27.8 Å². The van der Waals surface area contributed by atoms with E-state index in [2.05, 4.69) is 20.4 Å². The Bertz CT molecular complexity index is 664. The SMILES string of the molecule is CNc1cc2[nH]cc(-c3cnn(C)c3)c2cn1. The maximum Gasteiger partial charge on any atom is 0.127 e. The Morgan fingerprint density at radius 3 is 2.94 bits per heavy atom. The van der Waals surface area contributed by atoms with E-state index in [1.165, 1.54) is 0 Å². The van der Waals surface area contributed by atoms with E-state index in [1.54, 1.807) is 4.68 Å². The maximum atomic E-state index is 4.33. The van der Waals surface area contributed by atoms with Crippen LogP contribution in [0.1, 0.15) is 0 Å². The van der Waals surface area contributed by atoms with Crippen LogP contribution in [0.15, 0.2) is 30.9 Å². The summed E-state index contributed by atoms with van der Waals surface area (Å²) in [6, 6.07) is 2.00. The molecule has 0 unspecified atom stereocenters. The molecule has 0 saturated heterocycles. The van der Waals surface area contributed by atoms with E-state index in [0.29, 0.717) is 0 Å². The van der Waals surface area contributed by atoms with Gasteiger partial charge in [0, 0.05) is 55.3 Å². The molecule has 3 aromatic heterocycles. The maximum absolute atomic E-state index is 4.33. The molecule has 2 N–H and O–H groups in total. The van der Waals surface area contributed by atoms with Crippen LogP contribution in [0.5, 0.6) is 0 Å². The van der Waals surface area contributed by atoms with Crippen LogP contribution in [-0.2, 0) is 7.05 Å². The van der Waals surface area contributed by atoms with Crippen molar-refractivity contribution in [3.63, 3.8) is 0 Å². The molecule has 3 heterocycles. The minimum absolute atomic E-state index is 0.858. The molecular weight excluding hydrogens is 214 g/mol. The zero-order valence-corrected chi connectivity index (χ0v) is 9.73. The molecule has 0 amide bonds. The Kier molecular flexibility index (Phi) is 2.11. The molecule has 3 aromatic rings. The number of aromatic nitrogens is 4. The lowest BCUT2D eigenvalue weighted by Gasteiger charge is -1.99. The lowest BCUT2D eigenvalue weighted by Crippen LogP contribution is -1.90. The molecule has 0 bridgehead atoms. The summed E-state index contributed by atoms with van der Waals surface area (Å²) < 4.78 is 1.80. The Morgan fingerprint density at radius 2 is 2.24 bits per heavy atom. The lowest BCUT2D eigenvalue weighted by molar-refractivity contribution is 0.768.